The Balaban J connectivity index is 2.30. The van der Waals surface area contributed by atoms with Gasteiger partial charge in [-0.05, 0) is 48.3 Å². The first kappa shape index (κ1) is 19.4. The zero-order valence-corrected chi connectivity index (χ0v) is 17.1. The molecular weight excluding hydrogens is 328 g/mol. The molecule has 4 heteroatoms. The van der Waals surface area contributed by atoms with Gasteiger partial charge in [-0.3, -0.25) is 0 Å². The van der Waals surface area contributed by atoms with Crippen molar-refractivity contribution in [3.8, 4) is 18.1 Å². The predicted octanol–water partition coefficient (Wildman–Crippen LogP) is 5.65. The van der Waals surface area contributed by atoms with Gasteiger partial charge < -0.3 is 13.6 Å². The van der Waals surface area contributed by atoms with Crippen LogP contribution in [0.1, 0.15) is 31.9 Å². The summed E-state index contributed by atoms with van der Waals surface area (Å²) in [6, 6.07) is 3.90. The monoisotopic (exact) mass is 356 g/mol. The summed E-state index contributed by atoms with van der Waals surface area (Å²) >= 11 is 0. The third-order valence-electron chi connectivity index (χ3n) is 5.01. The Morgan fingerprint density at radius 1 is 1.28 bits per heavy atom. The van der Waals surface area contributed by atoms with E-state index in [1.165, 1.54) is 0 Å². The zero-order chi connectivity index (χ0) is 18.7. The summed E-state index contributed by atoms with van der Waals surface area (Å²) in [6.07, 6.45) is 11.6. The molecule has 0 spiro atoms. The van der Waals surface area contributed by atoms with Crippen LogP contribution in [0.4, 0.5) is 0 Å². The molecule has 0 atom stereocenters. The van der Waals surface area contributed by atoms with Crippen molar-refractivity contribution in [1.29, 1.82) is 0 Å². The lowest BCUT2D eigenvalue weighted by Gasteiger charge is -2.36. The molecule has 1 aromatic carbocycles. The van der Waals surface area contributed by atoms with E-state index in [-0.39, 0.29) is 5.04 Å². The maximum absolute atomic E-state index is 6.31. The molecule has 134 valence electrons. The molecule has 0 N–H and O–H groups in total. The van der Waals surface area contributed by atoms with Crippen LogP contribution >= 0.6 is 0 Å². The summed E-state index contributed by atoms with van der Waals surface area (Å²) in [4.78, 5) is 0. The minimum atomic E-state index is -1.75. The number of hydrogen-bond acceptors (Lipinski definition) is 3. The first-order chi connectivity index (χ1) is 11.7. The van der Waals surface area contributed by atoms with Crippen molar-refractivity contribution in [3.63, 3.8) is 0 Å². The number of hydrogen-bond donors (Lipinski definition) is 0. The fraction of sp³-hybridized carbons (Fsp3) is 0.429. The van der Waals surface area contributed by atoms with E-state index in [9.17, 15) is 0 Å². The first-order valence-electron chi connectivity index (χ1n) is 8.55. The number of benzene rings is 1. The molecular formula is C21H28O3Si. The van der Waals surface area contributed by atoms with E-state index in [1.54, 1.807) is 19.4 Å². The van der Waals surface area contributed by atoms with E-state index in [1.807, 2.05) is 18.2 Å². The third-order valence-corrected chi connectivity index (χ3v) is 9.55. The van der Waals surface area contributed by atoms with E-state index in [0.29, 0.717) is 6.61 Å². The molecule has 0 aliphatic heterocycles. The van der Waals surface area contributed by atoms with Gasteiger partial charge in [0.05, 0.1) is 13.4 Å². The molecule has 0 bridgehead atoms. The smallest absolute Gasteiger partial charge is 0.191 e. The highest BCUT2D eigenvalue weighted by molar-refractivity contribution is 6.74. The molecule has 3 nitrogen and oxygen atoms in total. The van der Waals surface area contributed by atoms with Crippen LogP contribution in [0.5, 0.6) is 5.75 Å². The summed E-state index contributed by atoms with van der Waals surface area (Å²) in [5.74, 6) is 3.27. The molecule has 1 aromatic heterocycles. The van der Waals surface area contributed by atoms with Gasteiger partial charge in [-0.1, -0.05) is 32.8 Å². The molecule has 0 amide bonds. The molecule has 0 aliphatic carbocycles. The number of terminal acetylenes is 1. The van der Waals surface area contributed by atoms with Gasteiger partial charge in [0.15, 0.2) is 19.6 Å². The summed E-state index contributed by atoms with van der Waals surface area (Å²) in [5.41, 5.74) is 2.90. The Bertz CT molecular complexity index is 801. The largest absolute Gasteiger partial charge is 0.493 e. The van der Waals surface area contributed by atoms with Crippen LogP contribution < -0.4 is 4.74 Å². The Kier molecular flexibility index (Phi) is 5.82. The van der Waals surface area contributed by atoms with E-state index in [0.717, 1.165) is 34.3 Å². The van der Waals surface area contributed by atoms with Gasteiger partial charge in [0.25, 0.3) is 0 Å². The molecule has 2 aromatic rings. The number of allylic oxidation sites excluding steroid dienone is 1. The van der Waals surface area contributed by atoms with Gasteiger partial charge in [0.1, 0.15) is 0 Å². The van der Waals surface area contributed by atoms with Crippen molar-refractivity contribution in [3.05, 3.63) is 35.6 Å². The van der Waals surface area contributed by atoms with Gasteiger partial charge >= 0.3 is 0 Å². The average molecular weight is 357 g/mol. The lowest BCUT2D eigenvalue weighted by atomic mass is 10.0. The molecule has 1 heterocycles. The Morgan fingerprint density at radius 3 is 2.60 bits per heavy atom. The summed E-state index contributed by atoms with van der Waals surface area (Å²) < 4.78 is 17.5. The van der Waals surface area contributed by atoms with E-state index < -0.39 is 8.32 Å². The van der Waals surface area contributed by atoms with Gasteiger partial charge in [-0.2, -0.15) is 0 Å². The highest BCUT2D eigenvalue weighted by Gasteiger charge is 2.36. The van der Waals surface area contributed by atoms with Crippen LogP contribution in [0.3, 0.4) is 0 Å². The van der Waals surface area contributed by atoms with Crippen LogP contribution in [0.25, 0.3) is 17.0 Å². The summed E-state index contributed by atoms with van der Waals surface area (Å²) in [7, 11) is -0.107. The van der Waals surface area contributed by atoms with Crippen LogP contribution in [0.2, 0.25) is 18.1 Å². The highest BCUT2D eigenvalue weighted by Crippen LogP contribution is 2.37. The Hall–Kier alpha value is -1.96. The zero-order valence-electron chi connectivity index (χ0n) is 16.1. The van der Waals surface area contributed by atoms with Crippen molar-refractivity contribution < 1.29 is 13.6 Å². The minimum Gasteiger partial charge on any atom is -0.493 e. The molecule has 0 unspecified atom stereocenters. The van der Waals surface area contributed by atoms with E-state index in [4.69, 9.17) is 20.0 Å². The quantitative estimate of drug-likeness (QED) is 0.495. The summed E-state index contributed by atoms with van der Waals surface area (Å²) in [6.45, 7) is 12.0. The van der Waals surface area contributed by atoms with Crippen molar-refractivity contribution in [1.82, 2.24) is 0 Å². The molecule has 0 saturated carbocycles. The molecule has 0 aliphatic rings. The van der Waals surface area contributed by atoms with Crippen molar-refractivity contribution in [2.45, 2.75) is 45.3 Å². The van der Waals surface area contributed by atoms with Crippen LogP contribution in [0.15, 0.2) is 28.9 Å². The predicted molar refractivity (Wildman–Crippen MR) is 107 cm³/mol. The maximum Gasteiger partial charge on any atom is 0.191 e. The van der Waals surface area contributed by atoms with Gasteiger partial charge in [-0.15, -0.1) is 6.42 Å². The van der Waals surface area contributed by atoms with Crippen LogP contribution in [-0.4, -0.2) is 22.0 Å². The Labute approximate surface area is 152 Å². The SMILES string of the molecule is C#C/C=C\c1ccc(OC)c2occ(CCO[Si](C)(C)C(C)(C)C)c12. The molecule has 0 radical (unpaired) electrons. The average Bonchev–Trinajstić information content (AvgIpc) is 2.96. The van der Waals surface area contributed by atoms with Gasteiger partial charge in [-0.25, -0.2) is 0 Å². The van der Waals surface area contributed by atoms with Crippen LogP contribution in [0, 0.1) is 12.3 Å². The lowest BCUT2D eigenvalue weighted by Crippen LogP contribution is -2.41. The number of fused-ring (bicyclic) bond motifs is 1. The Morgan fingerprint density at radius 2 is 2.00 bits per heavy atom. The number of rotatable bonds is 6. The minimum absolute atomic E-state index is 0.204. The van der Waals surface area contributed by atoms with Crippen molar-refractivity contribution in [2.24, 2.45) is 0 Å². The third kappa shape index (κ3) is 4.17. The van der Waals surface area contributed by atoms with E-state index in [2.05, 4.69) is 39.8 Å². The lowest BCUT2D eigenvalue weighted by molar-refractivity contribution is 0.292. The second-order valence-corrected chi connectivity index (χ2v) is 12.5. The van der Waals surface area contributed by atoms with Gasteiger partial charge in [0.2, 0.25) is 0 Å². The molecule has 0 saturated heterocycles. The standard InChI is InChI=1S/C21H28O3Si/c1-8-9-10-16-11-12-18(22-5)20-19(16)17(15-23-20)13-14-24-25(6,7)21(2,3)4/h1,9-12,15H,13-14H2,2-7H3/b10-9-. The highest BCUT2D eigenvalue weighted by atomic mass is 28.4. The fourth-order valence-electron chi connectivity index (χ4n) is 2.47. The second kappa shape index (κ2) is 7.51. The fourth-order valence-corrected chi connectivity index (χ4v) is 3.52. The number of ether oxygens (including phenoxy) is 1. The van der Waals surface area contributed by atoms with Crippen molar-refractivity contribution in [2.75, 3.05) is 13.7 Å². The molecule has 25 heavy (non-hydrogen) atoms. The summed E-state index contributed by atoms with van der Waals surface area (Å²) in [5, 5.41) is 1.25. The van der Waals surface area contributed by atoms with Crippen LogP contribution in [-0.2, 0) is 10.8 Å². The van der Waals surface area contributed by atoms with E-state index >= 15 is 0 Å². The second-order valence-electron chi connectivity index (χ2n) is 7.68. The normalized spacial score (nSPS) is 12.7. The molecule has 2 rings (SSSR count). The maximum atomic E-state index is 6.31. The van der Waals surface area contributed by atoms with Gasteiger partial charge in [0, 0.05) is 17.6 Å². The number of methoxy groups -OCH3 is 1. The first-order valence-corrected chi connectivity index (χ1v) is 11.5. The number of furan rings is 1. The molecule has 0 fully saturated rings. The van der Waals surface area contributed by atoms with Crippen molar-refractivity contribution >= 4 is 25.4 Å². The topological polar surface area (TPSA) is 31.6 Å².